The minimum absolute atomic E-state index is 0.333. The Hall–Kier alpha value is -3.16. The van der Waals surface area contributed by atoms with Crippen molar-refractivity contribution in [2.75, 3.05) is 57.4 Å². The largest absolute Gasteiger partial charge is 0.390 e. The SMILES string of the molecule is CCc1nc2ccccc2n1-c1nc(N2CCOCC2)c2nc(CN3CC(O)(N4CC(O)C4)C3)n(C)c2n1. The Morgan fingerprint density at radius 1 is 1.03 bits per heavy atom. The van der Waals surface area contributed by atoms with Gasteiger partial charge in [-0.2, -0.15) is 9.97 Å². The number of imidazole rings is 2. The van der Waals surface area contributed by atoms with Crippen molar-refractivity contribution < 1.29 is 14.9 Å². The normalized spacial score (nSPS) is 20.8. The smallest absolute Gasteiger partial charge is 0.239 e. The third-order valence-electron chi connectivity index (χ3n) is 8.01. The molecule has 0 atom stereocenters. The monoisotopic (exact) mass is 519 g/mol. The van der Waals surface area contributed by atoms with Gasteiger partial charge in [0, 0.05) is 52.7 Å². The molecule has 0 unspecified atom stereocenters. The van der Waals surface area contributed by atoms with E-state index in [0.29, 0.717) is 51.9 Å². The Morgan fingerprint density at radius 2 is 1.79 bits per heavy atom. The summed E-state index contributed by atoms with van der Waals surface area (Å²) in [6.07, 6.45) is 0.422. The number of β-amino-alcohol motifs (C(OH)–C–C–N with tert-alkyl or cyclic N) is 2. The number of aliphatic hydroxyl groups is 2. The summed E-state index contributed by atoms with van der Waals surface area (Å²) in [7, 11) is 2.00. The molecule has 3 aliphatic rings. The number of hydrogen-bond acceptors (Lipinski definition) is 10. The number of likely N-dealkylation sites (tertiary alicyclic amines) is 2. The van der Waals surface area contributed by atoms with E-state index < -0.39 is 5.72 Å². The van der Waals surface area contributed by atoms with Crippen molar-refractivity contribution in [3.05, 3.63) is 35.9 Å². The van der Waals surface area contributed by atoms with Crippen LogP contribution in [0, 0.1) is 0 Å². The summed E-state index contributed by atoms with van der Waals surface area (Å²) in [5.41, 5.74) is 2.58. The van der Waals surface area contributed by atoms with Crippen molar-refractivity contribution in [1.29, 1.82) is 0 Å². The van der Waals surface area contributed by atoms with Gasteiger partial charge in [-0.3, -0.25) is 14.4 Å². The Labute approximate surface area is 220 Å². The van der Waals surface area contributed by atoms with Crippen LogP contribution in [-0.2, 0) is 24.8 Å². The number of aromatic nitrogens is 6. The number of fused-ring (bicyclic) bond motifs is 2. The standard InChI is InChI=1S/C26H33N9O3/c1-3-20-27-18-6-4-5-7-19(18)35(20)25-29-23-22(24(30-25)33-8-10-38-11-9-33)28-21(31(23)2)14-32-15-26(37,16-32)34-12-17(36)13-34/h4-7,17,36-37H,3,8-16H2,1-2H3. The van der Waals surface area contributed by atoms with Crippen LogP contribution in [0.5, 0.6) is 0 Å². The quantitative estimate of drug-likeness (QED) is 0.368. The van der Waals surface area contributed by atoms with Gasteiger partial charge >= 0.3 is 0 Å². The predicted octanol–water partition coefficient (Wildman–Crippen LogP) is 0.282. The maximum Gasteiger partial charge on any atom is 0.239 e. The summed E-state index contributed by atoms with van der Waals surface area (Å²) in [6.45, 7) is 7.56. The van der Waals surface area contributed by atoms with E-state index in [1.807, 2.05) is 34.7 Å². The van der Waals surface area contributed by atoms with Crippen LogP contribution in [0.15, 0.2) is 24.3 Å². The highest BCUT2D eigenvalue weighted by Gasteiger charge is 2.50. The van der Waals surface area contributed by atoms with Crippen LogP contribution in [0.4, 0.5) is 5.82 Å². The Morgan fingerprint density at radius 3 is 2.53 bits per heavy atom. The molecule has 2 N–H and O–H groups in total. The molecule has 3 aliphatic heterocycles. The van der Waals surface area contributed by atoms with Gasteiger partial charge in [0.2, 0.25) is 5.95 Å². The number of benzene rings is 1. The van der Waals surface area contributed by atoms with E-state index in [2.05, 4.69) is 27.4 Å². The molecule has 0 amide bonds. The van der Waals surface area contributed by atoms with E-state index in [4.69, 9.17) is 24.7 Å². The maximum atomic E-state index is 10.9. The third kappa shape index (κ3) is 3.78. The average Bonchev–Trinajstić information content (AvgIpc) is 3.43. The summed E-state index contributed by atoms with van der Waals surface area (Å²) in [5, 5.41) is 20.5. The van der Waals surface area contributed by atoms with Gasteiger partial charge in [-0.15, -0.1) is 0 Å². The fraction of sp³-hybridized carbons (Fsp3) is 0.538. The number of aliphatic hydroxyl groups excluding tert-OH is 1. The third-order valence-corrected chi connectivity index (χ3v) is 8.01. The highest BCUT2D eigenvalue weighted by molar-refractivity contribution is 5.86. The first-order chi connectivity index (χ1) is 18.4. The molecule has 7 rings (SSSR count). The number of morpholine rings is 1. The van der Waals surface area contributed by atoms with E-state index in [1.165, 1.54) is 0 Å². The summed E-state index contributed by atoms with van der Waals surface area (Å²) in [4.78, 5) is 26.3. The predicted molar refractivity (Wildman–Crippen MR) is 141 cm³/mol. The van der Waals surface area contributed by atoms with Crippen molar-refractivity contribution in [3.8, 4) is 5.95 Å². The Bertz CT molecular complexity index is 1500. The molecule has 200 valence electrons. The van der Waals surface area contributed by atoms with E-state index in [0.717, 1.165) is 59.2 Å². The van der Waals surface area contributed by atoms with Crippen molar-refractivity contribution in [3.63, 3.8) is 0 Å². The Balaban J connectivity index is 1.28. The Kier molecular flexibility index (Phi) is 5.64. The maximum absolute atomic E-state index is 10.9. The van der Waals surface area contributed by atoms with Gasteiger partial charge in [0.05, 0.1) is 36.9 Å². The molecule has 6 heterocycles. The lowest BCUT2D eigenvalue weighted by molar-refractivity contribution is -0.241. The van der Waals surface area contributed by atoms with Crippen LogP contribution in [0.3, 0.4) is 0 Å². The van der Waals surface area contributed by atoms with Crippen molar-refractivity contribution in [1.82, 2.24) is 38.9 Å². The molecule has 1 aromatic carbocycles. The van der Waals surface area contributed by atoms with Crippen LogP contribution in [-0.4, -0.2) is 113 Å². The first kappa shape index (κ1) is 23.9. The van der Waals surface area contributed by atoms with E-state index in [9.17, 15) is 10.2 Å². The lowest BCUT2D eigenvalue weighted by Crippen LogP contribution is -2.75. The second kappa shape index (κ2) is 8.95. The fourth-order valence-electron chi connectivity index (χ4n) is 5.83. The number of ether oxygens (including phenoxy) is 1. The minimum atomic E-state index is -0.866. The molecule has 0 spiro atoms. The van der Waals surface area contributed by atoms with Gasteiger partial charge in [-0.25, -0.2) is 9.97 Å². The zero-order chi connectivity index (χ0) is 26.0. The van der Waals surface area contributed by atoms with Crippen LogP contribution in [0.25, 0.3) is 28.1 Å². The first-order valence-corrected chi connectivity index (χ1v) is 13.3. The number of para-hydroxylation sites is 2. The summed E-state index contributed by atoms with van der Waals surface area (Å²) in [5.74, 6) is 3.19. The molecule has 3 fully saturated rings. The molecule has 4 aromatic rings. The second-order valence-corrected chi connectivity index (χ2v) is 10.6. The van der Waals surface area contributed by atoms with Crippen molar-refractivity contribution in [2.45, 2.75) is 31.7 Å². The van der Waals surface area contributed by atoms with Gasteiger partial charge in [0.15, 0.2) is 17.0 Å². The van der Waals surface area contributed by atoms with E-state index in [-0.39, 0.29) is 6.10 Å². The molecule has 0 bridgehead atoms. The van der Waals surface area contributed by atoms with Gasteiger partial charge in [0.1, 0.15) is 17.4 Å². The number of rotatable bonds is 6. The topological polar surface area (TPSA) is 121 Å². The molecule has 12 nitrogen and oxygen atoms in total. The molecule has 12 heteroatoms. The van der Waals surface area contributed by atoms with Gasteiger partial charge in [-0.1, -0.05) is 19.1 Å². The van der Waals surface area contributed by atoms with Gasteiger partial charge < -0.3 is 24.4 Å². The average molecular weight is 520 g/mol. The number of aryl methyl sites for hydroxylation is 2. The number of anilines is 1. The summed E-state index contributed by atoms with van der Waals surface area (Å²) >= 11 is 0. The molecular formula is C26H33N9O3. The second-order valence-electron chi connectivity index (χ2n) is 10.6. The number of nitrogens with zero attached hydrogens (tertiary/aromatic N) is 9. The van der Waals surface area contributed by atoms with E-state index in [1.54, 1.807) is 0 Å². The van der Waals surface area contributed by atoms with Gasteiger partial charge in [0.25, 0.3) is 0 Å². The van der Waals surface area contributed by atoms with Crippen molar-refractivity contribution in [2.24, 2.45) is 7.05 Å². The molecule has 0 radical (unpaired) electrons. The zero-order valence-electron chi connectivity index (χ0n) is 21.8. The van der Waals surface area contributed by atoms with Crippen LogP contribution in [0.2, 0.25) is 0 Å². The summed E-state index contributed by atoms with van der Waals surface area (Å²) < 4.78 is 9.72. The molecule has 0 saturated carbocycles. The number of hydrogen-bond donors (Lipinski definition) is 2. The minimum Gasteiger partial charge on any atom is -0.390 e. The first-order valence-electron chi connectivity index (χ1n) is 13.3. The van der Waals surface area contributed by atoms with Crippen LogP contribution >= 0.6 is 0 Å². The van der Waals surface area contributed by atoms with Crippen molar-refractivity contribution >= 4 is 28.0 Å². The molecule has 3 saturated heterocycles. The van der Waals surface area contributed by atoms with Gasteiger partial charge in [-0.05, 0) is 12.1 Å². The fourth-order valence-corrected chi connectivity index (χ4v) is 5.83. The van der Waals surface area contributed by atoms with E-state index >= 15 is 0 Å². The highest BCUT2D eigenvalue weighted by atomic mass is 16.5. The summed E-state index contributed by atoms with van der Waals surface area (Å²) in [6, 6.07) is 8.08. The molecule has 3 aromatic heterocycles. The van der Waals surface area contributed by atoms with Crippen LogP contribution < -0.4 is 4.90 Å². The highest BCUT2D eigenvalue weighted by Crippen LogP contribution is 2.32. The van der Waals surface area contributed by atoms with Crippen LogP contribution in [0.1, 0.15) is 18.6 Å². The molecular weight excluding hydrogens is 486 g/mol. The zero-order valence-corrected chi connectivity index (χ0v) is 21.8. The lowest BCUT2D eigenvalue weighted by Gasteiger charge is -2.56. The molecule has 38 heavy (non-hydrogen) atoms. The lowest BCUT2D eigenvalue weighted by atomic mass is 9.97. The molecule has 0 aliphatic carbocycles.